The molecule has 3 rings (SSSR count). The molecule has 0 atom stereocenters. The molecule has 0 unspecified atom stereocenters. The van der Waals surface area contributed by atoms with E-state index in [-0.39, 0.29) is 23.1 Å². The van der Waals surface area contributed by atoms with Gasteiger partial charge in [-0.05, 0) is 31.9 Å². The van der Waals surface area contributed by atoms with Crippen LogP contribution in [-0.4, -0.2) is 44.9 Å². The summed E-state index contributed by atoms with van der Waals surface area (Å²) in [6.07, 6.45) is 4.70. The summed E-state index contributed by atoms with van der Waals surface area (Å²) in [5.74, 6) is 0.602. The van der Waals surface area contributed by atoms with Crippen LogP contribution in [0.2, 0.25) is 0 Å². The molecular weight excluding hydrogens is 294 g/mol. The maximum atomic E-state index is 12.4. The number of nitrogens with one attached hydrogen (secondary N) is 2. The van der Waals surface area contributed by atoms with Gasteiger partial charge in [0.2, 0.25) is 0 Å². The van der Waals surface area contributed by atoms with E-state index in [0.717, 1.165) is 24.4 Å². The smallest absolute Gasteiger partial charge is 0.260 e. The molecule has 0 radical (unpaired) electrons. The Hall–Kier alpha value is -2.70. The molecule has 7 nitrogen and oxygen atoms in total. The van der Waals surface area contributed by atoms with Crippen molar-refractivity contribution in [2.24, 2.45) is 0 Å². The molecule has 2 aromatic rings. The lowest BCUT2D eigenvalue weighted by Crippen LogP contribution is -2.43. The minimum absolute atomic E-state index is 0.199. The van der Waals surface area contributed by atoms with Gasteiger partial charge in [-0.15, -0.1) is 0 Å². The number of anilines is 1. The average molecular weight is 313 g/mol. The second kappa shape index (κ2) is 6.60. The van der Waals surface area contributed by atoms with Gasteiger partial charge in [0.1, 0.15) is 17.7 Å². The standard InChI is InChI=1S/C16H19N5O2/c1-11-9-14(19-10-18-11)20-12-4-7-21(8-5-12)16(23)13-3-2-6-17-15(13)22/h2-3,6,9-10,12H,4-5,7-8H2,1H3,(H,17,22)(H,18,19,20). The van der Waals surface area contributed by atoms with Crippen LogP contribution in [0, 0.1) is 6.92 Å². The van der Waals surface area contributed by atoms with Gasteiger partial charge in [-0.25, -0.2) is 9.97 Å². The van der Waals surface area contributed by atoms with Crippen molar-refractivity contribution in [3.05, 3.63) is 52.3 Å². The molecule has 3 heterocycles. The first kappa shape index (κ1) is 15.2. The Balaban J connectivity index is 1.59. The number of likely N-dealkylation sites (tertiary alicyclic amines) is 1. The van der Waals surface area contributed by atoms with Crippen molar-refractivity contribution in [1.82, 2.24) is 19.9 Å². The molecule has 0 spiro atoms. The fourth-order valence-corrected chi connectivity index (χ4v) is 2.73. The summed E-state index contributed by atoms with van der Waals surface area (Å²) in [7, 11) is 0. The van der Waals surface area contributed by atoms with Gasteiger partial charge in [0.05, 0.1) is 0 Å². The highest BCUT2D eigenvalue weighted by Crippen LogP contribution is 2.16. The van der Waals surface area contributed by atoms with Gasteiger partial charge in [0.15, 0.2) is 0 Å². The van der Waals surface area contributed by atoms with E-state index in [4.69, 9.17) is 0 Å². The number of H-pyrrole nitrogens is 1. The number of amides is 1. The van der Waals surface area contributed by atoms with Gasteiger partial charge in [-0.2, -0.15) is 0 Å². The molecule has 7 heteroatoms. The normalized spacial score (nSPS) is 15.4. The first-order valence-corrected chi connectivity index (χ1v) is 7.65. The number of hydrogen-bond donors (Lipinski definition) is 2. The van der Waals surface area contributed by atoms with E-state index < -0.39 is 0 Å². The largest absolute Gasteiger partial charge is 0.367 e. The van der Waals surface area contributed by atoms with Crippen molar-refractivity contribution in [2.45, 2.75) is 25.8 Å². The molecular formula is C16H19N5O2. The Kier molecular flexibility index (Phi) is 4.36. The van der Waals surface area contributed by atoms with E-state index in [1.807, 2.05) is 13.0 Å². The van der Waals surface area contributed by atoms with Gasteiger partial charge in [-0.3, -0.25) is 9.59 Å². The fourth-order valence-electron chi connectivity index (χ4n) is 2.73. The summed E-state index contributed by atoms with van der Waals surface area (Å²) in [6.45, 7) is 3.16. The van der Waals surface area contributed by atoms with E-state index in [2.05, 4.69) is 20.3 Å². The van der Waals surface area contributed by atoms with Crippen molar-refractivity contribution in [3.8, 4) is 0 Å². The number of nitrogens with zero attached hydrogens (tertiary/aromatic N) is 3. The molecule has 1 amide bonds. The van der Waals surface area contributed by atoms with E-state index in [9.17, 15) is 9.59 Å². The maximum absolute atomic E-state index is 12.4. The maximum Gasteiger partial charge on any atom is 0.260 e. The Morgan fingerprint density at radius 1 is 1.35 bits per heavy atom. The van der Waals surface area contributed by atoms with Crippen molar-refractivity contribution < 1.29 is 4.79 Å². The number of pyridine rings is 1. The number of aromatic amines is 1. The highest BCUT2D eigenvalue weighted by Gasteiger charge is 2.25. The number of carbonyl (C=O) groups is 1. The Morgan fingerprint density at radius 3 is 2.83 bits per heavy atom. The third-order valence-corrected chi connectivity index (χ3v) is 3.99. The third kappa shape index (κ3) is 3.56. The zero-order valence-electron chi connectivity index (χ0n) is 13.0. The molecule has 120 valence electrons. The van der Waals surface area contributed by atoms with Gasteiger partial charge in [0.25, 0.3) is 11.5 Å². The quantitative estimate of drug-likeness (QED) is 0.888. The van der Waals surface area contributed by atoms with Gasteiger partial charge in [-0.1, -0.05) is 0 Å². The molecule has 0 saturated carbocycles. The minimum atomic E-state index is -0.339. The molecule has 23 heavy (non-hydrogen) atoms. The van der Waals surface area contributed by atoms with Gasteiger partial charge in [0, 0.05) is 37.1 Å². The Labute approximate surface area is 133 Å². The first-order valence-electron chi connectivity index (χ1n) is 7.65. The van der Waals surface area contributed by atoms with Crippen LogP contribution < -0.4 is 10.9 Å². The summed E-state index contributed by atoms with van der Waals surface area (Å²) < 4.78 is 0. The lowest BCUT2D eigenvalue weighted by Gasteiger charge is -2.32. The lowest BCUT2D eigenvalue weighted by atomic mass is 10.0. The van der Waals surface area contributed by atoms with Crippen LogP contribution in [0.15, 0.2) is 35.5 Å². The first-order chi connectivity index (χ1) is 11.1. The highest BCUT2D eigenvalue weighted by molar-refractivity contribution is 5.93. The monoisotopic (exact) mass is 313 g/mol. The number of carbonyl (C=O) groups excluding carboxylic acids is 1. The van der Waals surface area contributed by atoms with Crippen molar-refractivity contribution in [1.29, 1.82) is 0 Å². The topological polar surface area (TPSA) is 91.0 Å². The number of aryl methyl sites for hydroxylation is 1. The summed E-state index contributed by atoms with van der Waals surface area (Å²) in [5.41, 5.74) is 0.776. The summed E-state index contributed by atoms with van der Waals surface area (Å²) in [5, 5.41) is 3.38. The number of piperidine rings is 1. The van der Waals surface area contributed by atoms with Gasteiger partial charge < -0.3 is 15.2 Å². The molecule has 2 aromatic heterocycles. The van der Waals surface area contributed by atoms with Crippen LogP contribution in [-0.2, 0) is 0 Å². The van der Waals surface area contributed by atoms with E-state index in [0.29, 0.717) is 13.1 Å². The zero-order valence-corrected chi connectivity index (χ0v) is 13.0. The van der Waals surface area contributed by atoms with Crippen molar-refractivity contribution in [3.63, 3.8) is 0 Å². The number of hydrogen-bond acceptors (Lipinski definition) is 5. The second-order valence-electron chi connectivity index (χ2n) is 5.67. The highest BCUT2D eigenvalue weighted by atomic mass is 16.2. The van der Waals surface area contributed by atoms with Crippen LogP contribution in [0.1, 0.15) is 28.9 Å². The summed E-state index contributed by atoms with van der Waals surface area (Å²) >= 11 is 0. The third-order valence-electron chi connectivity index (χ3n) is 3.99. The van der Waals surface area contributed by atoms with Crippen LogP contribution in [0.5, 0.6) is 0 Å². The van der Waals surface area contributed by atoms with E-state index in [1.165, 1.54) is 12.5 Å². The lowest BCUT2D eigenvalue weighted by molar-refractivity contribution is 0.0716. The SMILES string of the molecule is Cc1cc(NC2CCN(C(=O)c3ccc[nH]c3=O)CC2)ncn1. The zero-order chi connectivity index (χ0) is 16.2. The molecule has 1 fully saturated rings. The van der Waals surface area contributed by atoms with Crippen molar-refractivity contribution in [2.75, 3.05) is 18.4 Å². The van der Waals surface area contributed by atoms with Crippen LogP contribution >= 0.6 is 0 Å². The summed E-state index contributed by atoms with van der Waals surface area (Å²) in [6, 6.07) is 5.40. The predicted octanol–water partition coefficient (Wildman–Crippen LogP) is 1.19. The van der Waals surface area contributed by atoms with Crippen LogP contribution in [0.25, 0.3) is 0 Å². The Bertz CT molecular complexity index is 750. The molecule has 0 aliphatic carbocycles. The van der Waals surface area contributed by atoms with Gasteiger partial charge >= 0.3 is 0 Å². The van der Waals surface area contributed by atoms with Crippen LogP contribution in [0.4, 0.5) is 5.82 Å². The Morgan fingerprint density at radius 2 is 2.13 bits per heavy atom. The molecule has 2 N–H and O–H groups in total. The van der Waals surface area contributed by atoms with E-state index in [1.54, 1.807) is 17.0 Å². The molecule has 1 saturated heterocycles. The summed E-state index contributed by atoms with van der Waals surface area (Å²) in [4.78, 5) is 36.6. The van der Waals surface area contributed by atoms with Crippen molar-refractivity contribution >= 4 is 11.7 Å². The van der Waals surface area contributed by atoms with Crippen LogP contribution in [0.3, 0.4) is 0 Å². The number of rotatable bonds is 3. The molecule has 1 aliphatic rings. The second-order valence-corrected chi connectivity index (χ2v) is 5.67. The minimum Gasteiger partial charge on any atom is -0.367 e. The van der Waals surface area contributed by atoms with E-state index >= 15 is 0 Å². The molecule has 0 aromatic carbocycles. The number of aromatic nitrogens is 3. The average Bonchev–Trinajstić information content (AvgIpc) is 2.55. The fraction of sp³-hybridized carbons (Fsp3) is 0.375. The molecule has 1 aliphatic heterocycles. The molecule has 0 bridgehead atoms. The predicted molar refractivity (Wildman–Crippen MR) is 86.4 cm³/mol.